The molecule has 0 heterocycles. The molecule has 24 heavy (non-hydrogen) atoms. The first-order chi connectivity index (χ1) is 11.4. The van der Waals surface area contributed by atoms with Crippen molar-refractivity contribution < 1.29 is 22.9 Å². The van der Waals surface area contributed by atoms with Gasteiger partial charge in [-0.2, -0.15) is 0 Å². The van der Waals surface area contributed by atoms with E-state index in [1.54, 1.807) is 0 Å². The summed E-state index contributed by atoms with van der Waals surface area (Å²) >= 11 is 10.8. The fraction of sp³-hybridized carbons (Fsp3) is 0.867. The van der Waals surface area contributed by atoms with Crippen LogP contribution in [0.1, 0.15) is 40.0 Å². The number of halogens is 2. The van der Waals surface area contributed by atoms with Crippen molar-refractivity contribution in [2.75, 3.05) is 39.5 Å². The van der Waals surface area contributed by atoms with E-state index in [1.807, 2.05) is 25.7 Å². The SMILES string of the molecule is CCO[Si](CCCN(CCC(=O)Cl)CCC(=O)Cl)(OCC)OCC. The first-order valence-corrected chi connectivity index (χ1v) is 11.1. The molecule has 0 aliphatic heterocycles. The minimum atomic E-state index is -2.66. The van der Waals surface area contributed by atoms with Gasteiger partial charge in [-0.05, 0) is 56.9 Å². The predicted octanol–water partition coefficient (Wildman–Crippen LogP) is 3.04. The fourth-order valence-corrected chi connectivity index (χ4v) is 5.11. The Morgan fingerprint density at radius 2 is 1.25 bits per heavy atom. The Morgan fingerprint density at radius 1 is 0.833 bits per heavy atom. The van der Waals surface area contributed by atoms with E-state index in [2.05, 4.69) is 0 Å². The zero-order valence-electron chi connectivity index (χ0n) is 14.8. The van der Waals surface area contributed by atoms with Crippen LogP contribution in [-0.4, -0.2) is 63.6 Å². The van der Waals surface area contributed by atoms with Gasteiger partial charge in [-0.3, -0.25) is 9.59 Å². The summed E-state index contributed by atoms with van der Waals surface area (Å²) in [5.41, 5.74) is 0. The fourth-order valence-electron chi connectivity index (χ4n) is 2.35. The number of hydrogen-bond donors (Lipinski definition) is 0. The number of carbonyl (C=O) groups is 2. The number of hydrogen-bond acceptors (Lipinski definition) is 6. The van der Waals surface area contributed by atoms with Crippen LogP contribution in [0, 0.1) is 0 Å². The van der Waals surface area contributed by atoms with Gasteiger partial charge in [-0.1, -0.05) is 0 Å². The summed E-state index contributed by atoms with van der Waals surface area (Å²) in [6.45, 7) is 9.07. The van der Waals surface area contributed by atoms with Gasteiger partial charge in [0.1, 0.15) is 0 Å². The first kappa shape index (κ1) is 24.0. The summed E-state index contributed by atoms with van der Waals surface area (Å²) in [6.07, 6.45) is 1.26. The summed E-state index contributed by atoms with van der Waals surface area (Å²) in [4.78, 5) is 23.9. The van der Waals surface area contributed by atoms with Crippen LogP contribution in [0.3, 0.4) is 0 Å². The lowest BCUT2D eigenvalue weighted by Crippen LogP contribution is -2.46. The molecular formula is C15H29Cl2NO5Si. The molecule has 0 saturated carbocycles. The van der Waals surface area contributed by atoms with Crippen LogP contribution in [-0.2, 0) is 22.9 Å². The molecule has 0 fully saturated rings. The number of nitrogens with zero attached hydrogens (tertiary/aromatic N) is 1. The molecule has 142 valence electrons. The highest BCUT2D eigenvalue weighted by molar-refractivity contribution is 6.63. The van der Waals surface area contributed by atoms with Gasteiger partial charge in [0, 0.05) is 51.8 Å². The molecule has 0 aliphatic carbocycles. The van der Waals surface area contributed by atoms with E-state index in [1.165, 1.54) is 0 Å². The van der Waals surface area contributed by atoms with E-state index < -0.39 is 8.80 Å². The summed E-state index contributed by atoms with van der Waals surface area (Å²) < 4.78 is 17.4. The van der Waals surface area contributed by atoms with Gasteiger partial charge in [0.05, 0.1) is 0 Å². The number of rotatable bonds is 16. The van der Waals surface area contributed by atoms with Crippen molar-refractivity contribution in [3.63, 3.8) is 0 Å². The third-order valence-electron chi connectivity index (χ3n) is 3.30. The minimum absolute atomic E-state index is 0.239. The zero-order chi connectivity index (χ0) is 18.4. The minimum Gasteiger partial charge on any atom is -0.374 e. The molecule has 0 amide bonds. The molecule has 0 saturated heterocycles. The second kappa shape index (κ2) is 14.2. The van der Waals surface area contributed by atoms with Crippen LogP contribution < -0.4 is 0 Å². The van der Waals surface area contributed by atoms with Gasteiger partial charge < -0.3 is 18.2 Å². The molecule has 0 unspecified atom stereocenters. The molecule has 0 radical (unpaired) electrons. The van der Waals surface area contributed by atoms with Crippen molar-refractivity contribution in [2.24, 2.45) is 0 Å². The third-order valence-corrected chi connectivity index (χ3v) is 6.83. The van der Waals surface area contributed by atoms with Crippen LogP contribution in [0.15, 0.2) is 0 Å². The Balaban J connectivity index is 4.59. The van der Waals surface area contributed by atoms with E-state index in [0.29, 0.717) is 45.5 Å². The number of carbonyl (C=O) groups excluding carboxylic acids is 2. The van der Waals surface area contributed by atoms with Crippen LogP contribution in [0.2, 0.25) is 6.04 Å². The average molecular weight is 402 g/mol. The highest BCUT2D eigenvalue weighted by Crippen LogP contribution is 2.18. The first-order valence-electron chi connectivity index (χ1n) is 8.40. The molecule has 0 N–H and O–H groups in total. The van der Waals surface area contributed by atoms with E-state index in [4.69, 9.17) is 36.5 Å². The Hall–Kier alpha value is -0.0231. The molecular weight excluding hydrogens is 373 g/mol. The maximum atomic E-state index is 11.0. The van der Waals surface area contributed by atoms with Crippen molar-refractivity contribution in [1.82, 2.24) is 4.90 Å². The molecule has 0 bridgehead atoms. The van der Waals surface area contributed by atoms with Gasteiger partial charge in [0.15, 0.2) is 0 Å². The Bertz CT molecular complexity index is 339. The van der Waals surface area contributed by atoms with E-state index in [-0.39, 0.29) is 23.3 Å². The summed E-state index contributed by atoms with van der Waals surface area (Å²) in [7, 11) is -2.66. The van der Waals surface area contributed by atoms with Crippen molar-refractivity contribution in [3.05, 3.63) is 0 Å². The summed E-state index contributed by atoms with van der Waals surface area (Å²) in [6, 6.07) is 0.683. The molecule has 0 aromatic rings. The van der Waals surface area contributed by atoms with E-state index >= 15 is 0 Å². The highest BCUT2D eigenvalue weighted by atomic mass is 35.5. The van der Waals surface area contributed by atoms with Crippen LogP contribution >= 0.6 is 23.2 Å². The molecule has 6 nitrogen and oxygen atoms in total. The van der Waals surface area contributed by atoms with Gasteiger partial charge in [0.2, 0.25) is 10.5 Å². The van der Waals surface area contributed by atoms with E-state index in [0.717, 1.165) is 6.42 Å². The van der Waals surface area contributed by atoms with Crippen LogP contribution in [0.5, 0.6) is 0 Å². The summed E-state index contributed by atoms with van der Waals surface area (Å²) in [5, 5.41) is -0.780. The van der Waals surface area contributed by atoms with Crippen molar-refractivity contribution in [3.8, 4) is 0 Å². The maximum Gasteiger partial charge on any atom is 0.500 e. The van der Waals surface area contributed by atoms with Crippen molar-refractivity contribution >= 4 is 42.5 Å². The largest absolute Gasteiger partial charge is 0.500 e. The standard InChI is InChI=1S/C15H29Cl2NO5Si/c1-4-21-24(22-5-2,23-6-3)13-7-10-18(11-8-14(16)19)12-9-15(17)20/h4-13H2,1-3H3. The van der Waals surface area contributed by atoms with Gasteiger partial charge in [-0.25, -0.2) is 0 Å². The third kappa shape index (κ3) is 11.5. The van der Waals surface area contributed by atoms with Crippen LogP contribution in [0.4, 0.5) is 0 Å². The molecule has 0 rings (SSSR count). The molecule has 0 aliphatic rings. The van der Waals surface area contributed by atoms with Gasteiger partial charge in [-0.15, -0.1) is 0 Å². The Labute approximate surface area is 156 Å². The average Bonchev–Trinajstić information content (AvgIpc) is 2.50. The normalized spacial score (nSPS) is 11.9. The topological polar surface area (TPSA) is 65.1 Å². The van der Waals surface area contributed by atoms with Crippen molar-refractivity contribution in [1.29, 1.82) is 0 Å². The molecule has 9 heteroatoms. The predicted molar refractivity (Wildman–Crippen MR) is 97.5 cm³/mol. The highest BCUT2D eigenvalue weighted by Gasteiger charge is 2.39. The van der Waals surface area contributed by atoms with Crippen molar-refractivity contribution in [2.45, 2.75) is 46.1 Å². The second-order valence-electron chi connectivity index (χ2n) is 5.14. The zero-order valence-corrected chi connectivity index (χ0v) is 17.3. The monoisotopic (exact) mass is 401 g/mol. The smallest absolute Gasteiger partial charge is 0.374 e. The van der Waals surface area contributed by atoms with Crippen LogP contribution in [0.25, 0.3) is 0 Å². The lowest BCUT2D eigenvalue weighted by molar-refractivity contribution is -0.112. The van der Waals surface area contributed by atoms with E-state index in [9.17, 15) is 9.59 Å². The van der Waals surface area contributed by atoms with Gasteiger partial charge >= 0.3 is 8.80 Å². The molecule has 0 aromatic heterocycles. The summed E-state index contributed by atoms with van der Waals surface area (Å²) in [5.74, 6) is 0. The lowest BCUT2D eigenvalue weighted by Gasteiger charge is -2.29. The molecule has 0 atom stereocenters. The maximum absolute atomic E-state index is 11.0. The lowest BCUT2D eigenvalue weighted by atomic mass is 10.3. The molecule has 0 spiro atoms. The quantitative estimate of drug-likeness (QED) is 0.292. The Kier molecular flexibility index (Phi) is 14.2. The molecule has 0 aromatic carbocycles. The van der Waals surface area contributed by atoms with Gasteiger partial charge in [0.25, 0.3) is 0 Å². The Morgan fingerprint density at radius 3 is 1.58 bits per heavy atom. The second-order valence-corrected chi connectivity index (χ2v) is 8.71.